The molecule has 1 fully saturated rings. The zero-order valence-electron chi connectivity index (χ0n) is 9.36. The van der Waals surface area contributed by atoms with E-state index in [1.54, 1.807) is 7.11 Å². The van der Waals surface area contributed by atoms with Gasteiger partial charge in [-0.15, -0.1) is 0 Å². The molecule has 2 atom stereocenters. The predicted octanol–water partition coefficient (Wildman–Crippen LogP) is 2.26. The van der Waals surface area contributed by atoms with E-state index in [9.17, 15) is 0 Å². The summed E-state index contributed by atoms with van der Waals surface area (Å²) in [6.45, 7) is 2.57. The number of aliphatic hydroxyl groups is 1. The molecule has 0 radical (unpaired) electrons. The molecule has 1 aliphatic rings. The number of rotatable bonds is 4. The summed E-state index contributed by atoms with van der Waals surface area (Å²) in [7, 11) is 1.68. The van der Waals surface area contributed by atoms with E-state index in [-0.39, 0.29) is 0 Å². The number of methoxy groups -OCH3 is 1. The average molecular weight is 206 g/mol. The van der Waals surface area contributed by atoms with Gasteiger partial charge < -0.3 is 9.84 Å². The summed E-state index contributed by atoms with van der Waals surface area (Å²) in [6, 6.07) is 8.21. The maximum Gasteiger partial charge on any atom is 0.118 e. The van der Waals surface area contributed by atoms with Gasteiger partial charge in [0.15, 0.2) is 0 Å². The maximum absolute atomic E-state index is 9.08. The fourth-order valence-electron chi connectivity index (χ4n) is 2.22. The highest BCUT2D eigenvalue weighted by Crippen LogP contribution is 2.53. The van der Waals surface area contributed by atoms with Crippen LogP contribution < -0.4 is 4.74 Å². The molecule has 1 N–H and O–H groups in total. The summed E-state index contributed by atoms with van der Waals surface area (Å²) in [5.74, 6) is 1.40. The third-order valence-corrected chi connectivity index (χ3v) is 3.53. The summed E-state index contributed by atoms with van der Waals surface area (Å²) >= 11 is 0. The van der Waals surface area contributed by atoms with Crippen molar-refractivity contribution in [3.8, 4) is 5.75 Å². The Labute approximate surface area is 90.9 Å². The van der Waals surface area contributed by atoms with Gasteiger partial charge in [-0.25, -0.2) is 0 Å². The molecule has 0 amide bonds. The van der Waals surface area contributed by atoms with Crippen LogP contribution in [-0.2, 0) is 6.42 Å². The van der Waals surface area contributed by atoms with Gasteiger partial charge in [0, 0.05) is 6.61 Å². The number of hydrogen-bond acceptors (Lipinski definition) is 2. The van der Waals surface area contributed by atoms with Crippen molar-refractivity contribution in [2.45, 2.75) is 19.8 Å². The van der Waals surface area contributed by atoms with Crippen LogP contribution in [0.5, 0.6) is 5.75 Å². The molecule has 82 valence electrons. The van der Waals surface area contributed by atoms with E-state index >= 15 is 0 Å². The largest absolute Gasteiger partial charge is 0.497 e. The zero-order chi connectivity index (χ0) is 10.9. The monoisotopic (exact) mass is 206 g/mol. The highest BCUT2D eigenvalue weighted by molar-refractivity contribution is 5.28. The van der Waals surface area contributed by atoms with Gasteiger partial charge in [-0.1, -0.05) is 19.1 Å². The van der Waals surface area contributed by atoms with Crippen molar-refractivity contribution in [3.05, 3.63) is 29.8 Å². The fraction of sp³-hybridized carbons (Fsp3) is 0.538. The summed E-state index contributed by atoms with van der Waals surface area (Å²) in [5, 5.41) is 9.08. The van der Waals surface area contributed by atoms with Crippen molar-refractivity contribution in [3.63, 3.8) is 0 Å². The average Bonchev–Trinajstić information content (AvgIpc) is 2.90. The van der Waals surface area contributed by atoms with Crippen molar-refractivity contribution in [2.24, 2.45) is 11.3 Å². The molecule has 1 saturated carbocycles. The van der Waals surface area contributed by atoms with E-state index < -0.39 is 0 Å². The Kier molecular flexibility index (Phi) is 2.70. The molecule has 1 aliphatic carbocycles. The minimum atomic E-state index is 0.323. The molecule has 2 unspecified atom stereocenters. The summed E-state index contributed by atoms with van der Waals surface area (Å²) in [4.78, 5) is 0. The number of aliphatic hydroxyl groups excluding tert-OH is 1. The molecule has 0 heterocycles. The highest BCUT2D eigenvalue weighted by Gasteiger charge is 2.48. The number of benzene rings is 1. The second kappa shape index (κ2) is 3.86. The first kappa shape index (κ1) is 10.5. The van der Waals surface area contributed by atoms with Crippen molar-refractivity contribution >= 4 is 0 Å². The Morgan fingerprint density at radius 2 is 2.07 bits per heavy atom. The van der Waals surface area contributed by atoms with E-state index in [0.717, 1.165) is 18.6 Å². The van der Waals surface area contributed by atoms with E-state index in [1.165, 1.54) is 5.56 Å². The Morgan fingerprint density at radius 1 is 1.40 bits per heavy atom. The van der Waals surface area contributed by atoms with Crippen LogP contribution in [0.1, 0.15) is 18.9 Å². The summed E-state index contributed by atoms with van der Waals surface area (Å²) in [5.41, 5.74) is 1.65. The summed E-state index contributed by atoms with van der Waals surface area (Å²) < 4.78 is 5.12. The van der Waals surface area contributed by atoms with Crippen molar-refractivity contribution in [1.29, 1.82) is 0 Å². The van der Waals surface area contributed by atoms with Crippen LogP contribution in [0, 0.1) is 11.3 Å². The normalized spacial score (nSPS) is 28.9. The van der Waals surface area contributed by atoms with Gasteiger partial charge in [-0.05, 0) is 41.9 Å². The first-order chi connectivity index (χ1) is 7.18. The lowest BCUT2D eigenvalue weighted by Gasteiger charge is -2.10. The SMILES string of the molecule is COc1ccc(CC2(C)CC2CO)cc1. The van der Waals surface area contributed by atoms with Crippen LogP contribution in [0.4, 0.5) is 0 Å². The van der Waals surface area contributed by atoms with Crippen LogP contribution in [0.3, 0.4) is 0 Å². The Hall–Kier alpha value is -1.02. The van der Waals surface area contributed by atoms with E-state index in [2.05, 4.69) is 19.1 Å². The molecule has 0 aromatic heterocycles. The van der Waals surface area contributed by atoms with Gasteiger partial charge in [0.1, 0.15) is 5.75 Å². The maximum atomic E-state index is 9.08. The quantitative estimate of drug-likeness (QED) is 0.818. The molecule has 0 saturated heterocycles. The van der Waals surface area contributed by atoms with Gasteiger partial charge in [0.2, 0.25) is 0 Å². The van der Waals surface area contributed by atoms with Crippen LogP contribution in [0.15, 0.2) is 24.3 Å². The van der Waals surface area contributed by atoms with Crippen molar-refractivity contribution in [1.82, 2.24) is 0 Å². The molecule has 0 aliphatic heterocycles. The Bertz CT molecular complexity index is 331. The molecule has 0 spiro atoms. The van der Waals surface area contributed by atoms with Crippen LogP contribution in [0.2, 0.25) is 0 Å². The van der Waals surface area contributed by atoms with Crippen molar-refractivity contribution < 1.29 is 9.84 Å². The second-order valence-electron chi connectivity index (χ2n) is 4.76. The lowest BCUT2D eigenvalue weighted by Crippen LogP contribution is -2.05. The van der Waals surface area contributed by atoms with Gasteiger partial charge in [-0.2, -0.15) is 0 Å². The minimum Gasteiger partial charge on any atom is -0.497 e. The second-order valence-corrected chi connectivity index (χ2v) is 4.76. The van der Waals surface area contributed by atoms with E-state index in [1.807, 2.05) is 12.1 Å². The molecule has 1 aromatic carbocycles. The highest BCUT2D eigenvalue weighted by atomic mass is 16.5. The molecule has 2 rings (SSSR count). The standard InChI is InChI=1S/C13H18O2/c1-13(8-11(13)9-14)7-10-3-5-12(15-2)6-4-10/h3-6,11,14H,7-9H2,1-2H3. The van der Waals surface area contributed by atoms with E-state index in [0.29, 0.717) is 17.9 Å². The van der Waals surface area contributed by atoms with Crippen LogP contribution >= 0.6 is 0 Å². The first-order valence-corrected chi connectivity index (χ1v) is 5.42. The Morgan fingerprint density at radius 3 is 2.53 bits per heavy atom. The third kappa shape index (κ3) is 2.15. The molecule has 0 bridgehead atoms. The van der Waals surface area contributed by atoms with Gasteiger partial charge >= 0.3 is 0 Å². The summed E-state index contributed by atoms with van der Waals surface area (Å²) in [6.07, 6.45) is 2.21. The van der Waals surface area contributed by atoms with Crippen molar-refractivity contribution in [2.75, 3.05) is 13.7 Å². The van der Waals surface area contributed by atoms with Crippen LogP contribution in [-0.4, -0.2) is 18.8 Å². The molecule has 2 heteroatoms. The van der Waals surface area contributed by atoms with E-state index in [4.69, 9.17) is 9.84 Å². The minimum absolute atomic E-state index is 0.323. The van der Waals surface area contributed by atoms with Crippen LogP contribution in [0.25, 0.3) is 0 Å². The molecular weight excluding hydrogens is 188 g/mol. The lowest BCUT2D eigenvalue weighted by atomic mass is 9.96. The molecule has 1 aromatic rings. The number of ether oxygens (including phenoxy) is 1. The lowest BCUT2D eigenvalue weighted by molar-refractivity contribution is 0.253. The van der Waals surface area contributed by atoms with Gasteiger partial charge in [-0.3, -0.25) is 0 Å². The third-order valence-electron chi connectivity index (χ3n) is 3.53. The molecular formula is C13H18O2. The zero-order valence-corrected chi connectivity index (χ0v) is 9.36. The molecule has 2 nitrogen and oxygen atoms in total. The Balaban J connectivity index is 2.00. The van der Waals surface area contributed by atoms with Gasteiger partial charge in [0.05, 0.1) is 7.11 Å². The number of hydrogen-bond donors (Lipinski definition) is 1. The smallest absolute Gasteiger partial charge is 0.118 e. The van der Waals surface area contributed by atoms with Gasteiger partial charge in [0.25, 0.3) is 0 Å². The molecule has 15 heavy (non-hydrogen) atoms. The fourth-order valence-corrected chi connectivity index (χ4v) is 2.22. The topological polar surface area (TPSA) is 29.5 Å². The predicted molar refractivity (Wildman–Crippen MR) is 60.0 cm³/mol. The first-order valence-electron chi connectivity index (χ1n) is 5.42.